The van der Waals surface area contributed by atoms with Crippen LogP contribution in [0.15, 0.2) is 36.4 Å². The average Bonchev–Trinajstić information content (AvgIpc) is 3.66. The number of nitrogens with one attached hydrogen (secondary N) is 1. The van der Waals surface area contributed by atoms with E-state index in [2.05, 4.69) is 27.9 Å². The molecule has 0 saturated carbocycles. The molecule has 1 N–H and O–H groups in total. The Kier molecular flexibility index (Phi) is 19.1. The van der Waals surface area contributed by atoms with Crippen LogP contribution in [-0.4, -0.2) is 65.3 Å². The molecule has 4 rings (SSSR count). The van der Waals surface area contributed by atoms with E-state index in [9.17, 15) is 28.0 Å². The van der Waals surface area contributed by atoms with Crippen molar-refractivity contribution in [3.63, 3.8) is 0 Å². The minimum absolute atomic E-state index is 0.0302. The fourth-order valence-electron chi connectivity index (χ4n) is 4.54. The molecule has 0 aliphatic carbocycles. The van der Waals surface area contributed by atoms with Crippen molar-refractivity contribution < 1.29 is 42.2 Å². The van der Waals surface area contributed by atoms with E-state index >= 15 is 0 Å². The van der Waals surface area contributed by atoms with Crippen LogP contribution in [0.25, 0.3) is 0 Å². The zero-order valence-electron chi connectivity index (χ0n) is 31.2. The molecule has 0 bridgehead atoms. The summed E-state index contributed by atoms with van der Waals surface area (Å²) in [6.45, 7) is 20.0. The number of amides is 3. The number of imide groups is 1. The standard InChI is InChI=1S/C17H24FNO3.C10H17NO3.C7H6FI.C4H8O/c1-11-10-13(18)7-8-14(11)15(20)9-6-12(2)19-16(21)22-17(3,4)5;1-7-5-6-8(12)11(7)9(13)14-10(2,3)4;1-5-4-6(8)2-3-7(5)9;1-2-4-5-3-1/h7-8,10,12H,6,9H2,1-5H3,(H,19,21);7H,5-6H2,1-4H3;2-4H,1H3;1-4H2. The van der Waals surface area contributed by atoms with Gasteiger partial charge in [0.05, 0.1) is 0 Å². The van der Waals surface area contributed by atoms with Crippen LogP contribution in [0.5, 0.6) is 0 Å². The van der Waals surface area contributed by atoms with E-state index < -0.39 is 23.4 Å². The van der Waals surface area contributed by atoms with E-state index in [1.54, 1.807) is 54.5 Å². The van der Waals surface area contributed by atoms with E-state index in [1.807, 2.05) is 20.8 Å². The predicted octanol–water partition coefficient (Wildman–Crippen LogP) is 9.48. The van der Waals surface area contributed by atoms with Crippen LogP contribution in [0.3, 0.4) is 0 Å². The second-order valence-electron chi connectivity index (χ2n) is 14.3. The summed E-state index contributed by atoms with van der Waals surface area (Å²) < 4.78 is 41.7. The lowest BCUT2D eigenvalue weighted by molar-refractivity contribution is -0.127. The molecule has 3 amide bonds. The van der Waals surface area contributed by atoms with Crippen molar-refractivity contribution in [1.29, 1.82) is 0 Å². The molecule has 2 aromatic carbocycles. The fraction of sp³-hybridized carbons (Fsp3) is 0.579. The molecule has 280 valence electrons. The largest absolute Gasteiger partial charge is 0.444 e. The van der Waals surface area contributed by atoms with Crippen molar-refractivity contribution in [1.82, 2.24) is 10.2 Å². The Morgan fingerprint density at radius 3 is 1.90 bits per heavy atom. The lowest BCUT2D eigenvalue weighted by Gasteiger charge is -2.25. The van der Waals surface area contributed by atoms with Crippen LogP contribution in [0.1, 0.15) is 115 Å². The molecule has 2 aliphatic heterocycles. The van der Waals surface area contributed by atoms with E-state index in [4.69, 9.17) is 14.2 Å². The third-order valence-electron chi connectivity index (χ3n) is 7.08. The zero-order valence-corrected chi connectivity index (χ0v) is 33.4. The summed E-state index contributed by atoms with van der Waals surface area (Å²) in [5.41, 5.74) is 1.05. The summed E-state index contributed by atoms with van der Waals surface area (Å²) in [4.78, 5) is 47.9. The molecule has 2 heterocycles. The predicted molar refractivity (Wildman–Crippen MR) is 199 cm³/mol. The van der Waals surface area contributed by atoms with Crippen LogP contribution >= 0.6 is 22.6 Å². The van der Waals surface area contributed by atoms with Gasteiger partial charge in [0.1, 0.15) is 22.8 Å². The van der Waals surface area contributed by atoms with Crippen molar-refractivity contribution in [3.8, 4) is 0 Å². The SMILES string of the molecule is C1CCOC1.CC1CCC(=O)N1C(=O)OC(C)(C)C.Cc1cc(F)ccc1C(=O)CCC(C)NC(=O)OC(C)(C)C.Cc1cc(F)ccc1I. The van der Waals surface area contributed by atoms with Gasteiger partial charge >= 0.3 is 12.2 Å². The number of nitrogens with zero attached hydrogens (tertiary/aromatic N) is 1. The number of halogens is 3. The van der Waals surface area contributed by atoms with Crippen LogP contribution in [0.4, 0.5) is 18.4 Å². The number of carbonyl (C=O) groups is 4. The maximum absolute atomic E-state index is 13.0. The van der Waals surface area contributed by atoms with Gasteiger partial charge in [-0.25, -0.2) is 23.3 Å². The number of rotatable bonds is 5. The minimum atomic E-state index is -0.551. The van der Waals surface area contributed by atoms with Gasteiger partial charge in [-0.1, -0.05) is 0 Å². The van der Waals surface area contributed by atoms with Crippen LogP contribution in [0.2, 0.25) is 0 Å². The second kappa shape index (κ2) is 21.3. The highest BCUT2D eigenvalue weighted by atomic mass is 127. The first-order valence-corrected chi connectivity index (χ1v) is 18.0. The van der Waals surface area contributed by atoms with Crippen LogP contribution < -0.4 is 5.32 Å². The van der Waals surface area contributed by atoms with Gasteiger partial charge in [0, 0.05) is 47.3 Å². The van der Waals surface area contributed by atoms with Gasteiger partial charge in [-0.2, -0.15) is 0 Å². The highest BCUT2D eigenvalue weighted by Gasteiger charge is 2.35. The van der Waals surface area contributed by atoms with Gasteiger partial charge in [0.15, 0.2) is 5.78 Å². The normalized spacial score (nSPS) is 16.1. The molecule has 2 unspecified atom stereocenters. The number of alkyl carbamates (subject to hydrolysis) is 1. The molecule has 2 aromatic rings. The molecule has 2 aliphatic rings. The maximum Gasteiger partial charge on any atom is 0.417 e. The van der Waals surface area contributed by atoms with E-state index in [-0.39, 0.29) is 41.8 Å². The van der Waals surface area contributed by atoms with Crippen LogP contribution in [0, 0.1) is 29.1 Å². The van der Waals surface area contributed by atoms with Gasteiger partial charge in [0.25, 0.3) is 0 Å². The van der Waals surface area contributed by atoms with Gasteiger partial charge in [-0.05, 0) is 165 Å². The number of hydrogen-bond acceptors (Lipinski definition) is 7. The van der Waals surface area contributed by atoms with E-state index in [0.717, 1.165) is 28.8 Å². The molecule has 9 nitrogen and oxygen atoms in total. The van der Waals surface area contributed by atoms with Gasteiger partial charge in [-0.3, -0.25) is 9.59 Å². The molecule has 12 heteroatoms. The maximum atomic E-state index is 13.0. The first kappa shape index (κ1) is 44.9. The number of benzene rings is 2. The third kappa shape index (κ3) is 18.7. The molecule has 50 heavy (non-hydrogen) atoms. The Hall–Kier alpha value is -3.13. The van der Waals surface area contributed by atoms with Gasteiger partial charge in [0.2, 0.25) is 5.91 Å². The summed E-state index contributed by atoms with van der Waals surface area (Å²) in [6.07, 6.45) is 3.49. The molecule has 0 radical (unpaired) electrons. The van der Waals surface area contributed by atoms with Crippen molar-refractivity contribution in [2.75, 3.05) is 13.2 Å². The topological polar surface area (TPSA) is 111 Å². The first-order chi connectivity index (χ1) is 23.1. The van der Waals surface area contributed by atoms with Crippen LogP contribution in [-0.2, 0) is 19.0 Å². The van der Waals surface area contributed by atoms with E-state index in [1.165, 1.54) is 48.1 Å². The molecule has 2 fully saturated rings. The number of ketones is 1. The Labute approximate surface area is 310 Å². The smallest absolute Gasteiger partial charge is 0.417 e. The Morgan fingerprint density at radius 1 is 0.940 bits per heavy atom. The minimum Gasteiger partial charge on any atom is -0.444 e. The number of hydrogen-bond donors (Lipinski definition) is 1. The summed E-state index contributed by atoms with van der Waals surface area (Å²) in [6, 6.07) is 8.68. The summed E-state index contributed by atoms with van der Waals surface area (Å²) in [7, 11) is 0. The summed E-state index contributed by atoms with van der Waals surface area (Å²) in [5.74, 6) is -0.705. The lowest BCUT2D eigenvalue weighted by atomic mass is 10.00. The zero-order chi connectivity index (χ0) is 38.2. The van der Waals surface area contributed by atoms with Crippen molar-refractivity contribution in [3.05, 3.63) is 68.3 Å². The molecule has 0 aromatic heterocycles. The Morgan fingerprint density at radius 2 is 1.48 bits per heavy atom. The lowest BCUT2D eigenvalue weighted by Crippen LogP contribution is -2.41. The summed E-state index contributed by atoms with van der Waals surface area (Å²) >= 11 is 2.17. The van der Waals surface area contributed by atoms with Gasteiger partial charge < -0.3 is 19.5 Å². The molecular weight excluding hydrogens is 761 g/mol. The van der Waals surface area contributed by atoms with E-state index in [0.29, 0.717) is 24.0 Å². The highest BCUT2D eigenvalue weighted by Crippen LogP contribution is 2.21. The highest BCUT2D eigenvalue weighted by molar-refractivity contribution is 14.1. The Bertz CT molecular complexity index is 1410. The Balaban J connectivity index is 0.000000376. The fourth-order valence-corrected chi connectivity index (χ4v) is 4.88. The monoisotopic (exact) mass is 816 g/mol. The molecular formula is C38H55F2IN2O7. The second-order valence-corrected chi connectivity index (χ2v) is 15.5. The summed E-state index contributed by atoms with van der Waals surface area (Å²) in [5, 5.41) is 2.69. The molecule has 0 spiro atoms. The van der Waals surface area contributed by atoms with Crippen molar-refractivity contribution in [2.24, 2.45) is 0 Å². The van der Waals surface area contributed by atoms with Crippen molar-refractivity contribution in [2.45, 2.75) is 131 Å². The average molecular weight is 817 g/mol. The number of likely N-dealkylation sites (tertiary alicyclic amines) is 1. The number of carbonyl (C=O) groups excluding carboxylic acids is 4. The van der Waals surface area contributed by atoms with Crippen molar-refractivity contribution >= 4 is 46.5 Å². The number of aryl methyl sites for hydroxylation is 2. The van der Waals surface area contributed by atoms with Gasteiger partial charge in [-0.15, -0.1) is 0 Å². The quantitative estimate of drug-likeness (QED) is 0.237. The molecule has 2 saturated heterocycles. The molecule has 2 atom stereocenters. The third-order valence-corrected chi connectivity index (χ3v) is 8.29. The first-order valence-electron chi connectivity index (χ1n) is 16.9. The number of Topliss-reactive ketones (excluding diaryl/α,β-unsaturated/α-hetero) is 1. The number of ether oxygens (including phenoxy) is 3.